The number of nitrogens with one attached hydrogen (secondary N) is 1. The number of halogens is 1. The molecule has 1 aliphatic heterocycles. The van der Waals surface area contributed by atoms with Gasteiger partial charge in [-0.25, -0.2) is 4.98 Å². The zero-order chi connectivity index (χ0) is 16.1. The SMILES string of the molecule is COc1ccc(C2(CNc3ccc(Br)cn3)CCOCC2)cc1. The van der Waals surface area contributed by atoms with Crippen LogP contribution in [0.1, 0.15) is 18.4 Å². The molecule has 2 aromatic rings. The molecule has 0 aliphatic carbocycles. The molecule has 0 radical (unpaired) electrons. The van der Waals surface area contributed by atoms with Crippen molar-refractivity contribution in [3.8, 4) is 5.75 Å². The molecule has 0 bridgehead atoms. The number of methoxy groups -OCH3 is 1. The Kier molecular flexibility index (Phi) is 5.18. The summed E-state index contributed by atoms with van der Waals surface area (Å²) in [5.41, 5.74) is 1.39. The lowest BCUT2D eigenvalue weighted by atomic mass is 9.74. The number of anilines is 1. The maximum Gasteiger partial charge on any atom is 0.125 e. The van der Waals surface area contributed by atoms with Gasteiger partial charge in [-0.3, -0.25) is 0 Å². The molecule has 2 heterocycles. The minimum Gasteiger partial charge on any atom is -0.497 e. The van der Waals surface area contributed by atoms with Crippen LogP contribution in [0.4, 0.5) is 5.82 Å². The topological polar surface area (TPSA) is 43.4 Å². The van der Waals surface area contributed by atoms with Gasteiger partial charge in [0.05, 0.1) is 7.11 Å². The maximum absolute atomic E-state index is 5.58. The van der Waals surface area contributed by atoms with E-state index in [4.69, 9.17) is 9.47 Å². The van der Waals surface area contributed by atoms with Crippen LogP contribution in [0.15, 0.2) is 47.1 Å². The van der Waals surface area contributed by atoms with Gasteiger partial charge in [0, 0.05) is 35.8 Å². The van der Waals surface area contributed by atoms with Crippen molar-refractivity contribution in [3.05, 3.63) is 52.6 Å². The van der Waals surface area contributed by atoms with Gasteiger partial charge < -0.3 is 14.8 Å². The van der Waals surface area contributed by atoms with Gasteiger partial charge in [-0.2, -0.15) is 0 Å². The zero-order valence-electron chi connectivity index (χ0n) is 13.2. The van der Waals surface area contributed by atoms with Crippen molar-refractivity contribution in [3.63, 3.8) is 0 Å². The summed E-state index contributed by atoms with van der Waals surface area (Å²) < 4.78 is 11.8. The fraction of sp³-hybridized carbons (Fsp3) is 0.389. The van der Waals surface area contributed by atoms with E-state index in [1.807, 2.05) is 30.5 Å². The van der Waals surface area contributed by atoms with Crippen LogP contribution in [-0.4, -0.2) is 31.9 Å². The minimum absolute atomic E-state index is 0.0687. The number of hydrogen-bond donors (Lipinski definition) is 1. The summed E-state index contributed by atoms with van der Waals surface area (Å²) in [4.78, 5) is 4.41. The van der Waals surface area contributed by atoms with Gasteiger partial charge in [-0.15, -0.1) is 0 Å². The summed E-state index contributed by atoms with van der Waals surface area (Å²) >= 11 is 3.42. The van der Waals surface area contributed by atoms with E-state index in [2.05, 4.69) is 38.4 Å². The number of hydrogen-bond acceptors (Lipinski definition) is 4. The Morgan fingerprint density at radius 1 is 1.17 bits per heavy atom. The normalized spacial score (nSPS) is 16.8. The monoisotopic (exact) mass is 376 g/mol. The fourth-order valence-corrected chi connectivity index (χ4v) is 3.25. The number of ether oxygens (including phenoxy) is 2. The maximum atomic E-state index is 5.58. The van der Waals surface area contributed by atoms with Gasteiger partial charge in [-0.05, 0) is 58.6 Å². The third kappa shape index (κ3) is 3.85. The molecule has 0 spiro atoms. The van der Waals surface area contributed by atoms with Crippen molar-refractivity contribution in [1.29, 1.82) is 0 Å². The fourth-order valence-electron chi connectivity index (χ4n) is 3.01. The van der Waals surface area contributed by atoms with E-state index in [0.717, 1.165) is 48.6 Å². The average molecular weight is 377 g/mol. The summed E-state index contributed by atoms with van der Waals surface area (Å²) in [6.07, 6.45) is 3.82. The average Bonchev–Trinajstić information content (AvgIpc) is 2.62. The van der Waals surface area contributed by atoms with Crippen molar-refractivity contribution >= 4 is 21.7 Å². The van der Waals surface area contributed by atoms with Gasteiger partial charge in [0.25, 0.3) is 0 Å². The number of nitrogens with zero attached hydrogens (tertiary/aromatic N) is 1. The van der Waals surface area contributed by atoms with Gasteiger partial charge >= 0.3 is 0 Å². The first-order valence-electron chi connectivity index (χ1n) is 7.80. The van der Waals surface area contributed by atoms with Crippen LogP contribution >= 0.6 is 15.9 Å². The molecular weight excluding hydrogens is 356 g/mol. The van der Waals surface area contributed by atoms with Gasteiger partial charge in [-0.1, -0.05) is 12.1 Å². The molecule has 5 heteroatoms. The summed E-state index contributed by atoms with van der Waals surface area (Å²) in [7, 11) is 1.69. The lowest BCUT2D eigenvalue weighted by molar-refractivity contribution is 0.0543. The zero-order valence-corrected chi connectivity index (χ0v) is 14.8. The molecule has 3 rings (SSSR count). The number of benzene rings is 1. The first-order chi connectivity index (χ1) is 11.2. The van der Waals surface area contributed by atoms with Gasteiger partial charge in [0.1, 0.15) is 11.6 Å². The molecule has 1 fully saturated rings. The summed E-state index contributed by atoms with van der Waals surface area (Å²) in [6.45, 7) is 2.43. The molecule has 122 valence electrons. The second-order valence-corrected chi connectivity index (χ2v) is 6.75. The van der Waals surface area contributed by atoms with Crippen molar-refractivity contribution in [2.75, 3.05) is 32.2 Å². The van der Waals surface area contributed by atoms with Crippen LogP contribution in [-0.2, 0) is 10.2 Å². The Morgan fingerprint density at radius 2 is 1.91 bits per heavy atom. The van der Waals surface area contributed by atoms with Gasteiger partial charge in [0.15, 0.2) is 0 Å². The second-order valence-electron chi connectivity index (χ2n) is 5.84. The summed E-state index contributed by atoms with van der Waals surface area (Å²) in [5.74, 6) is 1.78. The molecule has 23 heavy (non-hydrogen) atoms. The predicted molar refractivity (Wildman–Crippen MR) is 95.2 cm³/mol. The Labute approximate surface area is 145 Å². The Bertz CT molecular complexity index is 622. The highest BCUT2D eigenvalue weighted by Gasteiger charge is 2.34. The summed E-state index contributed by atoms with van der Waals surface area (Å²) in [6, 6.07) is 12.4. The van der Waals surface area contributed by atoms with E-state index in [0.29, 0.717) is 0 Å². The highest BCUT2D eigenvalue weighted by Crippen LogP contribution is 2.35. The molecule has 1 N–H and O–H groups in total. The molecule has 0 amide bonds. The lowest BCUT2D eigenvalue weighted by Crippen LogP contribution is -2.40. The molecule has 1 aliphatic rings. The van der Waals surface area contributed by atoms with Crippen LogP contribution in [0.25, 0.3) is 0 Å². The molecule has 0 atom stereocenters. The van der Waals surface area contributed by atoms with Crippen molar-refractivity contribution in [1.82, 2.24) is 4.98 Å². The number of aromatic nitrogens is 1. The number of rotatable bonds is 5. The van der Waals surface area contributed by atoms with E-state index in [1.54, 1.807) is 7.11 Å². The first-order valence-corrected chi connectivity index (χ1v) is 8.59. The quantitative estimate of drug-likeness (QED) is 0.855. The molecule has 1 aromatic heterocycles. The number of pyridine rings is 1. The third-order valence-corrected chi connectivity index (χ3v) is 4.96. The van der Waals surface area contributed by atoms with E-state index >= 15 is 0 Å². The second kappa shape index (κ2) is 7.32. The Balaban J connectivity index is 1.79. The van der Waals surface area contributed by atoms with Crippen LogP contribution < -0.4 is 10.1 Å². The highest BCUT2D eigenvalue weighted by atomic mass is 79.9. The largest absolute Gasteiger partial charge is 0.497 e. The van der Waals surface area contributed by atoms with Crippen LogP contribution in [0, 0.1) is 0 Å². The van der Waals surface area contributed by atoms with Crippen molar-refractivity contribution < 1.29 is 9.47 Å². The molecular formula is C18H21BrN2O2. The lowest BCUT2D eigenvalue weighted by Gasteiger charge is -2.38. The van der Waals surface area contributed by atoms with E-state index in [9.17, 15) is 0 Å². The molecule has 4 nitrogen and oxygen atoms in total. The van der Waals surface area contributed by atoms with E-state index in [-0.39, 0.29) is 5.41 Å². The summed E-state index contributed by atoms with van der Waals surface area (Å²) in [5, 5.41) is 3.49. The molecule has 1 aromatic carbocycles. The van der Waals surface area contributed by atoms with Crippen LogP contribution in [0.5, 0.6) is 5.75 Å². The molecule has 0 unspecified atom stereocenters. The van der Waals surface area contributed by atoms with Gasteiger partial charge in [0.2, 0.25) is 0 Å². The predicted octanol–water partition coefficient (Wildman–Crippen LogP) is 4.01. The van der Waals surface area contributed by atoms with E-state index in [1.165, 1.54) is 5.56 Å². The Hall–Kier alpha value is -1.59. The van der Waals surface area contributed by atoms with Crippen LogP contribution in [0.3, 0.4) is 0 Å². The van der Waals surface area contributed by atoms with Crippen molar-refractivity contribution in [2.24, 2.45) is 0 Å². The first kappa shape index (κ1) is 16.3. The Morgan fingerprint density at radius 3 is 2.52 bits per heavy atom. The van der Waals surface area contributed by atoms with Crippen LogP contribution in [0.2, 0.25) is 0 Å². The van der Waals surface area contributed by atoms with E-state index < -0.39 is 0 Å². The molecule has 0 saturated carbocycles. The standard InChI is InChI=1S/C18H21BrN2O2/c1-22-16-5-2-14(3-6-16)18(8-10-23-11-9-18)13-21-17-7-4-15(19)12-20-17/h2-7,12H,8-11,13H2,1H3,(H,20,21). The minimum atomic E-state index is 0.0687. The smallest absolute Gasteiger partial charge is 0.125 e. The van der Waals surface area contributed by atoms with Crippen molar-refractivity contribution in [2.45, 2.75) is 18.3 Å². The third-order valence-electron chi connectivity index (χ3n) is 4.49. The molecule has 1 saturated heterocycles. The highest BCUT2D eigenvalue weighted by molar-refractivity contribution is 9.10.